The first kappa shape index (κ1) is 16.2. The molecule has 1 aliphatic heterocycles. The van der Waals surface area contributed by atoms with E-state index >= 15 is 0 Å². The van der Waals surface area contributed by atoms with E-state index in [1.54, 1.807) is 11.8 Å². The minimum Gasteiger partial charge on any atom is -0.449 e. The molecule has 0 spiro atoms. The minimum atomic E-state index is -0.911. The van der Waals surface area contributed by atoms with Gasteiger partial charge in [-0.25, -0.2) is 9.18 Å². The van der Waals surface area contributed by atoms with Gasteiger partial charge in [0.25, 0.3) is 5.91 Å². The van der Waals surface area contributed by atoms with Crippen LogP contribution in [0.2, 0.25) is 0 Å². The van der Waals surface area contributed by atoms with Crippen molar-refractivity contribution in [2.24, 2.45) is 0 Å². The van der Waals surface area contributed by atoms with Gasteiger partial charge in [0.1, 0.15) is 5.82 Å². The van der Waals surface area contributed by atoms with Crippen LogP contribution in [0.25, 0.3) is 0 Å². The average Bonchev–Trinajstić information content (AvgIpc) is 2.60. The number of hydrogen-bond donors (Lipinski definition) is 0. The van der Waals surface area contributed by atoms with Gasteiger partial charge in [-0.15, -0.1) is 0 Å². The summed E-state index contributed by atoms with van der Waals surface area (Å²) in [7, 11) is 0. The molecule has 0 radical (unpaired) electrons. The number of esters is 1. The Morgan fingerprint density at radius 2 is 1.88 bits per heavy atom. The van der Waals surface area contributed by atoms with E-state index in [1.165, 1.54) is 23.8 Å². The molecule has 0 aromatic heterocycles. The summed E-state index contributed by atoms with van der Waals surface area (Å²) in [4.78, 5) is 26.2. The van der Waals surface area contributed by atoms with E-state index in [1.807, 2.05) is 18.2 Å². The maximum atomic E-state index is 13.2. The standard InChI is InChI=1S/C19H18FNO3/c1-13(24-19(23)15-7-4-8-17(20)11-15)18(22)21-10-9-14-5-2-3-6-16(14)12-21/h2-8,11,13H,9-10,12H2,1H3/t13-/m0/s1. The second-order valence-electron chi connectivity index (χ2n) is 5.84. The third kappa shape index (κ3) is 3.45. The summed E-state index contributed by atoms with van der Waals surface area (Å²) in [6.07, 6.45) is -0.127. The fraction of sp³-hybridized carbons (Fsp3) is 0.263. The Hall–Kier alpha value is -2.69. The van der Waals surface area contributed by atoms with Crippen LogP contribution in [-0.2, 0) is 22.5 Å². The molecule has 1 aliphatic rings. The molecule has 1 atom stereocenters. The summed E-state index contributed by atoms with van der Waals surface area (Å²) in [6.45, 7) is 2.65. The monoisotopic (exact) mass is 327 g/mol. The van der Waals surface area contributed by atoms with Crippen molar-refractivity contribution in [2.75, 3.05) is 6.54 Å². The van der Waals surface area contributed by atoms with Crippen LogP contribution in [0, 0.1) is 5.82 Å². The number of benzene rings is 2. The molecule has 124 valence electrons. The Labute approximate surface area is 139 Å². The van der Waals surface area contributed by atoms with E-state index in [9.17, 15) is 14.0 Å². The number of carbonyl (C=O) groups is 2. The first-order chi connectivity index (χ1) is 11.5. The number of rotatable bonds is 3. The molecule has 1 amide bonds. The smallest absolute Gasteiger partial charge is 0.339 e. The number of amides is 1. The zero-order valence-electron chi connectivity index (χ0n) is 13.4. The predicted molar refractivity (Wildman–Crippen MR) is 86.8 cm³/mol. The second kappa shape index (κ2) is 6.83. The van der Waals surface area contributed by atoms with Gasteiger partial charge in [0.15, 0.2) is 6.10 Å². The lowest BCUT2D eigenvalue weighted by Crippen LogP contribution is -2.42. The predicted octanol–water partition coefficient (Wildman–Crippen LogP) is 2.96. The highest BCUT2D eigenvalue weighted by molar-refractivity contribution is 5.92. The molecule has 0 unspecified atom stereocenters. The first-order valence-electron chi connectivity index (χ1n) is 7.86. The molecule has 3 rings (SSSR count). The van der Waals surface area contributed by atoms with E-state index in [0.29, 0.717) is 13.1 Å². The molecule has 4 nitrogen and oxygen atoms in total. The number of nitrogens with zero attached hydrogens (tertiary/aromatic N) is 1. The van der Waals surface area contributed by atoms with Crippen LogP contribution in [0.15, 0.2) is 48.5 Å². The molecule has 2 aromatic rings. The summed E-state index contributed by atoms with van der Waals surface area (Å²) >= 11 is 0. The minimum absolute atomic E-state index is 0.0960. The van der Waals surface area contributed by atoms with Crippen molar-refractivity contribution in [1.29, 1.82) is 0 Å². The quantitative estimate of drug-likeness (QED) is 0.814. The largest absolute Gasteiger partial charge is 0.449 e. The number of hydrogen-bond acceptors (Lipinski definition) is 3. The van der Waals surface area contributed by atoms with Crippen LogP contribution in [0.3, 0.4) is 0 Å². The third-order valence-corrected chi connectivity index (χ3v) is 4.13. The highest BCUT2D eigenvalue weighted by atomic mass is 19.1. The van der Waals surface area contributed by atoms with Crippen molar-refractivity contribution in [1.82, 2.24) is 4.90 Å². The van der Waals surface area contributed by atoms with Crippen molar-refractivity contribution in [3.63, 3.8) is 0 Å². The van der Waals surface area contributed by atoms with Crippen molar-refractivity contribution in [3.8, 4) is 0 Å². The van der Waals surface area contributed by atoms with Crippen LogP contribution >= 0.6 is 0 Å². The van der Waals surface area contributed by atoms with Gasteiger partial charge in [-0.1, -0.05) is 30.3 Å². The Morgan fingerprint density at radius 3 is 2.62 bits per heavy atom. The average molecular weight is 327 g/mol. The molecular weight excluding hydrogens is 309 g/mol. The van der Waals surface area contributed by atoms with Gasteiger partial charge < -0.3 is 9.64 Å². The summed E-state index contributed by atoms with van der Waals surface area (Å²) in [5.74, 6) is -1.46. The molecule has 24 heavy (non-hydrogen) atoms. The van der Waals surface area contributed by atoms with Crippen LogP contribution < -0.4 is 0 Å². The number of ether oxygens (including phenoxy) is 1. The normalized spacial score (nSPS) is 14.7. The van der Waals surface area contributed by atoms with Crippen LogP contribution in [0.1, 0.15) is 28.4 Å². The van der Waals surface area contributed by atoms with E-state index in [-0.39, 0.29) is 11.5 Å². The van der Waals surface area contributed by atoms with Gasteiger partial charge in [-0.3, -0.25) is 4.79 Å². The van der Waals surface area contributed by atoms with E-state index in [2.05, 4.69) is 6.07 Å². The lowest BCUT2D eigenvalue weighted by Gasteiger charge is -2.30. The van der Waals surface area contributed by atoms with Gasteiger partial charge in [0.05, 0.1) is 5.56 Å². The molecule has 1 heterocycles. The lowest BCUT2D eigenvalue weighted by atomic mass is 9.99. The van der Waals surface area contributed by atoms with Crippen molar-refractivity contribution in [3.05, 3.63) is 71.0 Å². The Balaban J connectivity index is 1.64. The highest BCUT2D eigenvalue weighted by Crippen LogP contribution is 2.19. The Kier molecular flexibility index (Phi) is 4.60. The highest BCUT2D eigenvalue weighted by Gasteiger charge is 2.27. The first-order valence-corrected chi connectivity index (χ1v) is 7.86. The van der Waals surface area contributed by atoms with E-state index < -0.39 is 17.9 Å². The van der Waals surface area contributed by atoms with Gasteiger partial charge in [0.2, 0.25) is 0 Å². The van der Waals surface area contributed by atoms with Gasteiger partial charge in [-0.2, -0.15) is 0 Å². The lowest BCUT2D eigenvalue weighted by molar-refractivity contribution is -0.140. The maximum absolute atomic E-state index is 13.2. The van der Waals surface area contributed by atoms with Crippen molar-refractivity contribution >= 4 is 11.9 Å². The summed E-state index contributed by atoms with van der Waals surface area (Å²) < 4.78 is 18.4. The van der Waals surface area contributed by atoms with E-state index in [4.69, 9.17) is 4.74 Å². The zero-order valence-corrected chi connectivity index (χ0v) is 13.4. The van der Waals surface area contributed by atoms with Gasteiger partial charge in [-0.05, 0) is 42.7 Å². The summed E-state index contributed by atoms with van der Waals surface area (Å²) in [5, 5.41) is 0. The molecule has 0 N–H and O–H groups in total. The molecule has 0 saturated carbocycles. The Morgan fingerprint density at radius 1 is 1.12 bits per heavy atom. The topological polar surface area (TPSA) is 46.6 Å². The van der Waals surface area contributed by atoms with Crippen LogP contribution in [0.4, 0.5) is 4.39 Å². The number of halogens is 1. The molecule has 0 bridgehead atoms. The summed E-state index contributed by atoms with van der Waals surface area (Å²) in [5.41, 5.74) is 2.45. The fourth-order valence-electron chi connectivity index (χ4n) is 2.84. The van der Waals surface area contributed by atoms with Gasteiger partial charge >= 0.3 is 5.97 Å². The summed E-state index contributed by atoms with van der Waals surface area (Å²) in [6, 6.07) is 13.2. The molecular formula is C19H18FNO3. The fourth-order valence-corrected chi connectivity index (χ4v) is 2.84. The zero-order chi connectivity index (χ0) is 17.1. The van der Waals surface area contributed by atoms with Gasteiger partial charge in [0, 0.05) is 13.1 Å². The van der Waals surface area contributed by atoms with Crippen molar-refractivity contribution < 1.29 is 18.7 Å². The number of fused-ring (bicyclic) bond motifs is 1. The van der Waals surface area contributed by atoms with E-state index in [0.717, 1.165) is 18.1 Å². The SMILES string of the molecule is C[C@H](OC(=O)c1cccc(F)c1)C(=O)N1CCc2ccccc2C1. The second-order valence-corrected chi connectivity index (χ2v) is 5.84. The number of carbonyl (C=O) groups excluding carboxylic acids is 2. The molecule has 2 aromatic carbocycles. The molecule has 0 fully saturated rings. The molecule has 5 heteroatoms. The Bertz CT molecular complexity index is 775. The van der Waals surface area contributed by atoms with Crippen LogP contribution in [-0.4, -0.2) is 29.4 Å². The maximum Gasteiger partial charge on any atom is 0.339 e. The molecule has 0 aliphatic carbocycles. The third-order valence-electron chi connectivity index (χ3n) is 4.13. The van der Waals surface area contributed by atoms with Crippen LogP contribution in [0.5, 0.6) is 0 Å². The molecule has 0 saturated heterocycles. The van der Waals surface area contributed by atoms with Crippen molar-refractivity contribution in [2.45, 2.75) is 26.0 Å².